The van der Waals surface area contributed by atoms with Crippen molar-refractivity contribution in [3.05, 3.63) is 94.0 Å². The zero-order valence-electron chi connectivity index (χ0n) is 27.9. The molecule has 8 nitrogen and oxygen atoms in total. The molecule has 3 aromatic rings. The van der Waals surface area contributed by atoms with Crippen molar-refractivity contribution in [2.75, 3.05) is 11.9 Å². The van der Waals surface area contributed by atoms with Crippen LogP contribution >= 0.6 is 11.6 Å². The Labute approximate surface area is 278 Å². The zero-order chi connectivity index (χ0) is 33.9. The maximum Gasteiger partial charge on any atom is 0.408 e. The van der Waals surface area contributed by atoms with Crippen LogP contribution in [0.3, 0.4) is 0 Å². The molecule has 2 unspecified atom stereocenters. The van der Waals surface area contributed by atoms with E-state index in [2.05, 4.69) is 17.6 Å². The quantitative estimate of drug-likeness (QED) is 0.152. The summed E-state index contributed by atoms with van der Waals surface area (Å²) in [5, 5.41) is 16.5. The number of hydrogen-bond donors (Lipinski definition) is 3. The molecule has 9 heteroatoms. The zero-order valence-corrected chi connectivity index (χ0v) is 28.6. The van der Waals surface area contributed by atoms with E-state index < -0.39 is 35.6 Å². The van der Waals surface area contributed by atoms with E-state index in [1.165, 1.54) is 6.07 Å². The first kappa shape index (κ1) is 36.4. The van der Waals surface area contributed by atoms with Crippen molar-refractivity contribution in [2.24, 2.45) is 0 Å². The van der Waals surface area contributed by atoms with Gasteiger partial charge in [-0.25, -0.2) is 4.79 Å². The highest BCUT2D eigenvalue weighted by molar-refractivity contribution is 6.34. The van der Waals surface area contributed by atoms with Crippen LogP contribution in [0.5, 0.6) is 5.75 Å². The molecular formula is C37H48ClN3O5. The fraction of sp³-hybridized carbons (Fsp3) is 0.432. The number of rotatable bonds is 14. The first-order valence-corrected chi connectivity index (χ1v) is 16.4. The lowest BCUT2D eigenvalue weighted by molar-refractivity contribution is -0.140. The topological polar surface area (TPSA) is 108 Å². The fourth-order valence-electron chi connectivity index (χ4n) is 5.26. The number of carbonyl (C=O) groups is 3. The van der Waals surface area contributed by atoms with E-state index in [4.69, 9.17) is 16.3 Å². The number of nitrogens with one attached hydrogen (secondary N) is 2. The number of phenols is 1. The number of amides is 3. The molecule has 3 rings (SSSR count). The van der Waals surface area contributed by atoms with Crippen LogP contribution in [0.15, 0.2) is 66.7 Å². The lowest BCUT2D eigenvalue weighted by Gasteiger charge is -2.35. The molecule has 0 saturated heterocycles. The highest BCUT2D eigenvalue weighted by Crippen LogP contribution is 2.31. The number of aromatic hydroxyl groups is 1. The number of nitrogens with zero attached hydrogens (tertiary/aromatic N) is 1. The molecule has 0 aliphatic rings. The standard InChI is InChI=1S/C37H48ClN3O5/c1-7-8-9-10-14-22-41(35(44)30(24-27-17-12-11-13-18-27)39-36(45)46-37(4,5)6)33(28-20-21-31(42)26(3)23-28)34(43)40-32-25(2)16-15-19-29(32)38/h11-13,15-21,23,30,33,42H,7-10,14,22,24H2,1-6H3,(H,39,45)(H,40,43). The van der Waals surface area contributed by atoms with Crippen LogP contribution in [-0.4, -0.2) is 46.1 Å². The van der Waals surface area contributed by atoms with E-state index in [-0.39, 0.29) is 18.7 Å². The second-order valence-corrected chi connectivity index (χ2v) is 13.1. The molecule has 0 saturated carbocycles. The number of ether oxygens (including phenoxy) is 1. The van der Waals surface area contributed by atoms with Gasteiger partial charge in [0.25, 0.3) is 5.91 Å². The molecular weight excluding hydrogens is 602 g/mol. The SMILES string of the molecule is CCCCCCCN(C(=O)C(Cc1ccccc1)NC(=O)OC(C)(C)C)C(C(=O)Nc1c(C)cccc1Cl)c1ccc(O)c(C)c1. The molecule has 0 heterocycles. The van der Waals surface area contributed by atoms with Crippen LogP contribution in [0.2, 0.25) is 5.02 Å². The smallest absolute Gasteiger partial charge is 0.408 e. The Morgan fingerprint density at radius 2 is 1.61 bits per heavy atom. The van der Waals surface area contributed by atoms with E-state index in [0.29, 0.717) is 28.3 Å². The largest absolute Gasteiger partial charge is 0.508 e. The molecule has 46 heavy (non-hydrogen) atoms. The molecule has 3 aromatic carbocycles. The average molecular weight is 650 g/mol. The molecule has 2 atom stereocenters. The molecule has 0 radical (unpaired) electrons. The van der Waals surface area contributed by atoms with Crippen molar-refractivity contribution in [1.29, 1.82) is 0 Å². The van der Waals surface area contributed by atoms with E-state index >= 15 is 0 Å². The maximum atomic E-state index is 14.7. The lowest BCUT2D eigenvalue weighted by atomic mass is 9.98. The van der Waals surface area contributed by atoms with Crippen LogP contribution in [0.4, 0.5) is 10.5 Å². The van der Waals surface area contributed by atoms with Crippen LogP contribution in [0.25, 0.3) is 0 Å². The normalized spacial score (nSPS) is 12.6. The first-order chi connectivity index (χ1) is 21.8. The highest BCUT2D eigenvalue weighted by atomic mass is 35.5. The van der Waals surface area contributed by atoms with Crippen molar-refractivity contribution in [3.8, 4) is 5.75 Å². The summed E-state index contributed by atoms with van der Waals surface area (Å²) in [6.45, 7) is 11.3. The average Bonchev–Trinajstić information content (AvgIpc) is 2.99. The Hall–Kier alpha value is -4.04. The van der Waals surface area contributed by atoms with Gasteiger partial charge in [0.15, 0.2) is 0 Å². The van der Waals surface area contributed by atoms with Crippen LogP contribution in [0.1, 0.15) is 88.1 Å². The summed E-state index contributed by atoms with van der Waals surface area (Å²) in [5.41, 5.74) is 2.38. The summed E-state index contributed by atoms with van der Waals surface area (Å²) in [6, 6.07) is 17.5. The number of unbranched alkanes of at least 4 members (excludes halogenated alkanes) is 4. The van der Waals surface area contributed by atoms with Gasteiger partial charge in [0.05, 0.1) is 10.7 Å². The minimum Gasteiger partial charge on any atom is -0.508 e. The molecule has 248 valence electrons. The van der Waals surface area contributed by atoms with E-state index in [0.717, 1.165) is 36.8 Å². The van der Waals surface area contributed by atoms with Crippen LogP contribution < -0.4 is 10.6 Å². The minimum absolute atomic E-state index is 0.0795. The van der Waals surface area contributed by atoms with Crippen molar-refractivity contribution >= 4 is 35.2 Å². The number of halogens is 1. The summed E-state index contributed by atoms with van der Waals surface area (Å²) >= 11 is 6.51. The second-order valence-electron chi connectivity index (χ2n) is 12.7. The van der Waals surface area contributed by atoms with E-state index in [1.54, 1.807) is 56.9 Å². The fourth-order valence-corrected chi connectivity index (χ4v) is 5.52. The van der Waals surface area contributed by atoms with Gasteiger partial charge in [-0.05, 0) is 81.5 Å². The summed E-state index contributed by atoms with van der Waals surface area (Å²) in [7, 11) is 0. The van der Waals surface area contributed by atoms with Gasteiger partial charge in [0, 0.05) is 13.0 Å². The Bertz CT molecular complexity index is 1450. The molecule has 0 aliphatic heterocycles. The highest BCUT2D eigenvalue weighted by Gasteiger charge is 2.37. The summed E-state index contributed by atoms with van der Waals surface area (Å²) < 4.78 is 5.55. The molecule has 0 spiro atoms. The Balaban J connectivity index is 2.11. The van der Waals surface area contributed by atoms with Gasteiger partial charge in [-0.15, -0.1) is 0 Å². The number of phenolic OH excluding ortho intramolecular Hbond substituents is 1. The number of para-hydroxylation sites is 1. The monoisotopic (exact) mass is 649 g/mol. The predicted octanol–water partition coefficient (Wildman–Crippen LogP) is 8.28. The number of carbonyl (C=O) groups excluding carboxylic acids is 3. The maximum absolute atomic E-state index is 14.7. The molecule has 3 amide bonds. The van der Waals surface area contributed by atoms with E-state index in [9.17, 15) is 19.5 Å². The van der Waals surface area contributed by atoms with Crippen molar-refractivity contribution in [1.82, 2.24) is 10.2 Å². The van der Waals surface area contributed by atoms with Crippen molar-refractivity contribution in [2.45, 2.75) is 97.8 Å². The second kappa shape index (κ2) is 17.0. The van der Waals surface area contributed by atoms with Gasteiger partial charge in [-0.3, -0.25) is 9.59 Å². The summed E-state index contributed by atoms with van der Waals surface area (Å²) in [5.74, 6) is -0.804. The van der Waals surface area contributed by atoms with Gasteiger partial charge in [0.2, 0.25) is 5.91 Å². The molecule has 3 N–H and O–H groups in total. The Morgan fingerprint density at radius 3 is 2.24 bits per heavy atom. The molecule has 0 bridgehead atoms. The minimum atomic E-state index is -1.09. The Kier molecular flexibility index (Phi) is 13.5. The lowest BCUT2D eigenvalue weighted by Crippen LogP contribution is -2.53. The summed E-state index contributed by atoms with van der Waals surface area (Å²) in [4.78, 5) is 43.7. The van der Waals surface area contributed by atoms with Gasteiger partial charge < -0.3 is 25.4 Å². The van der Waals surface area contributed by atoms with Gasteiger partial charge >= 0.3 is 6.09 Å². The number of benzene rings is 3. The number of aryl methyl sites for hydroxylation is 2. The van der Waals surface area contributed by atoms with Gasteiger partial charge in [0.1, 0.15) is 23.4 Å². The number of alkyl carbamates (subject to hydrolysis) is 1. The Morgan fingerprint density at radius 1 is 0.913 bits per heavy atom. The first-order valence-electron chi connectivity index (χ1n) is 16.0. The third-order valence-corrected chi connectivity index (χ3v) is 7.94. The van der Waals surface area contributed by atoms with Gasteiger partial charge in [-0.1, -0.05) is 92.7 Å². The molecule has 0 fully saturated rings. The third-order valence-electron chi connectivity index (χ3n) is 7.62. The predicted molar refractivity (Wildman–Crippen MR) is 184 cm³/mol. The van der Waals surface area contributed by atoms with Crippen molar-refractivity contribution in [3.63, 3.8) is 0 Å². The van der Waals surface area contributed by atoms with Crippen LogP contribution in [-0.2, 0) is 20.7 Å². The summed E-state index contributed by atoms with van der Waals surface area (Å²) in [6.07, 6.45) is 4.12. The molecule has 0 aliphatic carbocycles. The number of hydrogen-bond acceptors (Lipinski definition) is 5. The third kappa shape index (κ3) is 10.8. The van der Waals surface area contributed by atoms with Crippen molar-refractivity contribution < 1.29 is 24.2 Å². The number of anilines is 1. The van der Waals surface area contributed by atoms with Gasteiger partial charge in [-0.2, -0.15) is 0 Å². The van der Waals surface area contributed by atoms with Crippen LogP contribution in [0, 0.1) is 13.8 Å². The van der Waals surface area contributed by atoms with E-state index in [1.807, 2.05) is 43.3 Å². The molecule has 0 aromatic heterocycles.